The monoisotopic (exact) mass is 263 g/mol. The van der Waals surface area contributed by atoms with Gasteiger partial charge in [-0.05, 0) is 42.9 Å². The van der Waals surface area contributed by atoms with Crippen LogP contribution in [-0.2, 0) is 11.2 Å². The van der Waals surface area contributed by atoms with Crippen LogP contribution in [0.1, 0.15) is 24.8 Å². The standard InChI is InChI=1S/C15H21NO3/c1-18-13-7-5-11(9-14(13)19-2)6-8-15(17)16-10-12-3-4-12/h5,7,9,12H,3-4,6,8,10H2,1-2H3,(H,16,17). The summed E-state index contributed by atoms with van der Waals surface area (Å²) in [6.45, 7) is 0.838. The van der Waals surface area contributed by atoms with Crippen molar-refractivity contribution in [1.82, 2.24) is 5.32 Å². The second kappa shape index (κ2) is 6.45. The van der Waals surface area contributed by atoms with Gasteiger partial charge >= 0.3 is 0 Å². The molecular formula is C15H21NO3. The second-order valence-corrected chi connectivity index (χ2v) is 4.94. The van der Waals surface area contributed by atoms with E-state index in [4.69, 9.17) is 9.47 Å². The Kier molecular flexibility index (Phi) is 4.66. The van der Waals surface area contributed by atoms with Gasteiger partial charge in [0.1, 0.15) is 0 Å². The molecule has 1 aliphatic carbocycles. The number of ether oxygens (including phenoxy) is 2. The van der Waals surface area contributed by atoms with Crippen LogP contribution < -0.4 is 14.8 Å². The average Bonchev–Trinajstić information content (AvgIpc) is 3.26. The number of amides is 1. The fourth-order valence-electron chi connectivity index (χ4n) is 1.96. The van der Waals surface area contributed by atoms with Gasteiger partial charge in [-0.25, -0.2) is 0 Å². The molecule has 4 nitrogen and oxygen atoms in total. The Morgan fingerprint density at radius 2 is 2.00 bits per heavy atom. The molecule has 1 aromatic rings. The molecule has 2 rings (SSSR count). The summed E-state index contributed by atoms with van der Waals surface area (Å²) in [5.74, 6) is 2.27. The maximum Gasteiger partial charge on any atom is 0.220 e. The Bertz CT molecular complexity index is 441. The van der Waals surface area contributed by atoms with Gasteiger partial charge in [-0.1, -0.05) is 6.07 Å². The zero-order chi connectivity index (χ0) is 13.7. The quantitative estimate of drug-likeness (QED) is 0.820. The first-order valence-electron chi connectivity index (χ1n) is 6.70. The molecule has 0 aromatic heterocycles. The summed E-state index contributed by atoms with van der Waals surface area (Å²) in [5.41, 5.74) is 1.08. The van der Waals surface area contributed by atoms with Crippen LogP contribution in [0.5, 0.6) is 11.5 Å². The molecule has 4 heteroatoms. The largest absolute Gasteiger partial charge is 0.493 e. The predicted octanol–water partition coefficient (Wildman–Crippen LogP) is 2.16. The number of hydrogen-bond acceptors (Lipinski definition) is 3. The molecular weight excluding hydrogens is 242 g/mol. The van der Waals surface area contributed by atoms with E-state index in [-0.39, 0.29) is 5.91 Å². The first-order chi connectivity index (χ1) is 9.22. The van der Waals surface area contributed by atoms with Gasteiger partial charge in [0.25, 0.3) is 0 Å². The van der Waals surface area contributed by atoms with Gasteiger partial charge < -0.3 is 14.8 Å². The smallest absolute Gasteiger partial charge is 0.220 e. The fraction of sp³-hybridized carbons (Fsp3) is 0.533. The number of nitrogens with one attached hydrogen (secondary N) is 1. The fourth-order valence-corrected chi connectivity index (χ4v) is 1.96. The molecule has 0 saturated heterocycles. The Labute approximate surface area is 114 Å². The molecule has 1 amide bonds. The highest BCUT2D eigenvalue weighted by Crippen LogP contribution is 2.28. The Balaban J connectivity index is 1.82. The van der Waals surface area contributed by atoms with E-state index >= 15 is 0 Å². The van der Waals surface area contributed by atoms with Crippen molar-refractivity contribution >= 4 is 5.91 Å². The van der Waals surface area contributed by atoms with Crippen molar-refractivity contribution < 1.29 is 14.3 Å². The summed E-state index contributed by atoms with van der Waals surface area (Å²) in [7, 11) is 3.23. The lowest BCUT2D eigenvalue weighted by Crippen LogP contribution is -2.25. The van der Waals surface area contributed by atoms with Crippen LogP contribution in [0.3, 0.4) is 0 Å². The number of benzene rings is 1. The van der Waals surface area contributed by atoms with Crippen molar-refractivity contribution in [3.63, 3.8) is 0 Å². The normalized spacial score (nSPS) is 14.0. The first-order valence-corrected chi connectivity index (χ1v) is 6.70. The molecule has 1 aromatic carbocycles. The lowest BCUT2D eigenvalue weighted by molar-refractivity contribution is -0.121. The third kappa shape index (κ3) is 4.16. The minimum atomic E-state index is 0.127. The van der Waals surface area contributed by atoms with Gasteiger partial charge in [0.15, 0.2) is 11.5 Å². The van der Waals surface area contributed by atoms with E-state index in [0.717, 1.165) is 24.4 Å². The SMILES string of the molecule is COc1ccc(CCC(=O)NCC2CC2)cc1OC. The lowest BCUT2D eigenvalue weighted by atomic mass is 10.1. The number of carbonyl (C=O) groups is 1. The van der Waals surface area contributed by atoms with E-state index < -0.39 is 0 Å². The molecule has 0 atom stereocenters. The van der Waals surface area contributed by atoms with E-state index in [1.807, 2.05) is 18.2 Å². The van der Waals surface area contributed by atoms with Crippen LogP contribution >= 0.6 is 0 Å². The predicted molar refractivity (Wildman–Crippen MR) is 73.6 cm³/mol. The summed E-state index contributed by atoms with van der Waals surface area (Å²) >= 11 is 0. The summed E-state index contributed by atoms with van der Waals surface area (Å²) < 4.78 is 10.4. The number of hydrogen-bond donors (Lipinski definition) is 1. The van der Waals surface area contributed by atoms with E-state index in [2.05, 4.69) is 5.32 Å². The number of rotatable bonds is 7. The van der Waals surface area contributed by atoms with Gasteiger partial charge in [-0.2, -0.15) is 0 Å². The first kappa shape index (κ1) is 13.7. The van der Waals surface area contributed by atoms with Gasteiger partial charge in [0.05, 0.1) is 14.2 Å². The number of methoxy groups -OCH3 is 2. The summed E-state index contributed by atoms with van der Waals surface area (Å²) in [5, 5.41) is 2.97. The zero-order valence-electron chi connectivity index (χ0n) is 11.6. The number of carbonyl (C=O) groups excluding carboxylic acids is 1. The van der Waals surface area contributed by atoms with Crippen molar-refractivity contribution in [2.24, 2.45) is 5.92 Å². The topological polar surface area (TPSA) is 47.6 Å². The van der Waals surface area contributed by atoms with Gasteiger partial charge in [-0.15, -0.1) is 0 Å². The lowest BCUT2D eigenvalue weighted by Gasteiger charge is -2.09. The summed E-state index contributed by atoms with van der Waals surface area (Å²) in [6.07, 6.45) is 3.75. The molecule has 0 bridgehead atoms. The van der Waals surface area contributed by atoms with Crippen LogP contribution in [0.2, 0.25) is 0 Å². The highest BCUT2D eigenvalue weighted by atomic mass is 16.5. The highest BCUT2D eigenvalue weighted by molar-refractivity contribution is 5.76. The zero-order valence-corrected chi connectivity index (χ0v) is 11.6. The summed E-state index contributed by atoms with van der Waals surface area (Å²) in [4.78, 5) is 11.7. The second-order valence-electron chi connectivity index (χ2n) is 4.94. The molecule has 1 fully saturated rings. The van der Waals surface area contributed by atoms with Crippen molar-refractivity contribution in [3.05, 3.63) is 23.8 Å². The molecule has 1 N–H and O–H groups in total. The third-order valence-electron chi connectivity index (χ3n) is 3.37. The van der Waals surface area contributed by atoms with Crippen LogP contribution in [0.15, 0.2) is 18.2 Å². The minimum absolute atomic E-state index is 0.127. The van der Waals surface area contributed by atoms with Gasteiger partial charge in [0, 0.05) is 13.0 Å². The highest BCUT2D eigenvalue weighted by Gasteiger charge is 2.21. The average molecular weight is 263 g/mol. The van der Waals surface area contributed by atoms with Crippen molar-refractivity contribution in [2.45, 2.75) is 25.7 Å². The van der Waals surface area contributed by atoms with Gasteiger partial charge in [0.2, 0.25) is 5.91 Å². The van der Waals surface area contributed by atoms with Crippen LogP contribution in [0, 0.1) is 5.92 Å². The van der Waals surface area contributed by atoms with E-state index in [1.165, 1.54) is 12.8 Å². The third-order valence-corrected chi connectivity index (χ3v) is 3.37. The molecule has 1 aliphatic rings. The molecule has 19 heavy (non-hydrogen) atoms. The molecule has 1 saturated carbocycles. The molecule has 0 heterocycles. The Morgan fingerprint density at radius 1 is 1.26 bits per heavy atom. The Morgan fingerprint density at radius 3 is 2.63 bits per heavy atom. The number of aryl methyl sites for hydroxylation is 1. The molecule has 0 spiro atoms. The molecule has 104 valence electrons. The van der Waals surface area contributed by atoms with Crippen molar-refractivity contribution in [2.75, 3.05) is 20.8 Å². The Hall–Kier alpha value is -1.71. The van der Waals surface area contributed by atoms with Crippen LogP contribution in [-0.4, -0.2) is 26.7 Å². The maximum absolute atomic E-state index is 11.7. The van der Waals surface area contributed by atoms with E-state index in [9.17, 15) is 4.79 Å². The van der Waals surface area contributed by atoms with Crippen molar-refractivity contribution in [1.29, 1.82) is 0 Å². The molecule has 0 radical (unpaired) electrons. The van der Waals surface area contributed by atoms with E-state index in [0.29, 0.717) is 17.9 Å². The van der Waals surface area contributed by atoms with Gasteiger partial charge in [-0.3, -0.25) is 4.79 Å². The minimum Gasteiger partial charge on any atom is -0.493 e. The summed E-state index contributed by atoms with van der Waals surface area (Å²) in [6, 6.07) is 5.76. The maximum atomic E-state index is 11.7. The van der Waals surface area contributed by atoms with Crippen LogP contribution in [0.25, 0.3) is 0 Å². The molecule has 0 aliphatic heterocycles. The van der Waals surface area contributed by atoms with Crippen LogP contribution in [0.4, 0.5) is 0 Å². The molecule has 0 unspecified atom stereocenters. The van der Waals surface area contributed by atoms with Crippen molar-refractivity contribution in [3.8, 4) is 11.5 Å². The van der Waals surface area contributed by atoms with E-state index in [1.54, 1.807) is 14.2 Å².